The molecule has 0 spiro atoms. The predicted octanol–water partition coefficient (Wildman–Crippen LogP) is -0.293. The molecule has 8 heteroatoms. The van der Waals surface area contributed by atoms with Gasteiger partial charge in [0, 0.05) is 0 Å². The van der Waals surface area contributed by atoms with E-state index < -0.39 is 17.4 Å². The number of primary amides is 1. The number of rotatable bonds is 5. The summed E-state index contributed by atoms with van der Waals surface area (Å²) in [7, 11) is 0. The van der Waals surface area contributed by atoms with Gasteiger partial charge in [-0.3, -0.25) is 14.2 Å². The SMILES string of the molecule is CCOC(=O)/C=c1\s/c(=C\c2ccc(F)cc2)c(=O)n1CC(N)=O. The zero-order valence-electron chi connectivity index (χ0n) is 12.8. The Hall–Kier alpha value is -2.74. The van der Waals surface area contributed by atoms with Crippen molar-refractivity contribution in [3.63, 3.8) is 0 Å². The summed E-state index contributed by atoms with van der Waals surface area (Å²) in [6.45, 7) is 1.50. The van der Waals surface area contributed by atoms with Gasteiger partial charge < -0.3 is 10.5 Å². The maximum absolute atomic E-state index is 12.9. The Morgan fingerprint density at radius 3 is 2.58 bits per heavy atom. The minimum Gasteiger partial charge on any atom is -0.463 e. The van der Waals surface area contributed by atoms with Crippen LogP contribution in [0, 0.1) is 5.82 Å². The molecule has 0 aliphatic heterocycles. The maximum atomic E-state index is 12.9. The number of thiazole rings is 1. The standard InChI is InChI=1S/C16H15FN2O4S/c1-2-23-15(21)8-14-19(9-13(18)20)16(22)12(24-14)7-10-3-5-11(17)6-4-10/h3-8H,2,9H2,1H3,(H2,18,20)/b12-7-,14-8-. The van der Waals surface area contributed by atoms with E-state index in [4.69, 9.17) is 10.5 Å². The van der Waals surface area contributed by atoms with Gasteiger partial charge >= 0.3 is 5.97 Å². The second-order valence-electron chi connectivity index (χ2n) is 4.75. The molecule has 1 aromatic carbocycles. The van der Waals surface area contributed by atoms with E-state index in [1.807, 2.05) is 0 Å². The summed E-state index contributed by atoms with van der Waals surface area (Å²) in [5, 5.41) is 0. The van der Waals surface area contributed by atoms with E-state index in [1.165, 1.54) is 24.3 Å². The van der Waals surface area contributed by atoms with Gasteiger partial charge in [0.25, 0.3) is 5.56 Å². The molecule has 1 heterocycles. The first-order valence-electron chi connectivity index (χ1n) is 7.04. The average molecular weight is 350 g/mol. The Labute approximate surface area is 140 Å². The summed E-state index contributed by atoms with van der Waals surface area (Å²) in [4.78, 5) is 35.2. The number of hydrogen-bond donors (Lipinski definition) is 1. The molecule has 0 radical (unpaired) electrons. The van der Waals surface area contributed by atoms with Crippen LogP contribution in [0.3, 0.4) is 0 Å². The number of esters is 1. The third-order valence-electron chi connectivity index (χ3n) is 2.95. The van der Waals surface area contributed by atoms with Crippen LogP contribution in [-0.2, 0) is 20.9 Å². The number of hydrogen-bond acceptors (Lipinski definition) is 5. The molecule has 0 saturated heterocycles. The Morgan fingerprint density at radius 2 is 2.00 bits per heavy atom. The number of carbonyl (C=O) groups excluding carboxylic acids is 2. The van der Waals surface area contributed by atoms with Crippen LogP contribution in [0.5, 0.6) is 0 Å². The Bertz CT molecular complexity index is 928. The van der Waals surface area contributed by atoms with Gasteiger partial charge in [0.1, 0.15) is 17.0 Å². The van der Waals surface area contributed by atoms with E-state index in [-0.39, 0.29) is 23.6 Å². The van der Waals surface area contributed by atoms with Crippen LogP contribution >= 0.6 is 11.3 Å². The molecule has 0 unspecified atom stereocenters. The van der Waals surface area contributed by atoms with Crippen LogP contribution in [0.1, 0.15) is 12.5 Å². The molecule has 1 amide bonds. The molecule has 0 bridgehead atoms. The van der Waals surface area contributed by atoms with E-state index in [0.717, 1.165) is 22.0 Å². The van der Waals surface area contributed by atoms with Crippen LogP contribution in [-0.4, -0.2) is 23.1 Å². The number of amides is 1. The molecule has 2 rings (SSSR count). The molecule has 6 nitrogen and oxygen atoms in total. The highest BCUT2D eigenvalue weighted by Crippen LogP contribution is 2.02. The first kappa shape index (κ1) is 17.6. The molecule has 24 heavy (non-hydrogen) atoms. The fourth-order valence-corrected chi connectivity index (χ4v) is 2.97. The number of nitrogens with two attached hydrogens (primary N) is 1. The molecule has 0 atom stereocenters. The highest BCUT2D eigenvalue weighted by atomic mass is 32.1. The van der Waals surface area contributed by atoms with Gasteiger partial charge in [0.15, 0.2) is 0 Å². The van der Waals surface area contributed by atoms with Crippen LogP contribution in [0.25, 0.3) is 12.2 Å². The van der Waals surface area contributed by atoms with Gasteiger partial charge in [-0.15, -0.1) is 11.3 Å². The second kappa shape index (κ2) is 7.69. The highest BCUT2D eigenvalue weighted by Gasteiger charge is 2.09. The largest absolute Gasteiger partial charge is 0.463 e. The molecular formula is C16H15FN2O4S. The number of carbonyl (C=O) groups is 2. The Kier molecular flexibility index (Phi) is 5.64. The smallest absolute Gasteiger partial charge is 0.333 e. The number of halogens is 1. The lowest BCUT2D eigenvalue weighted by Gasteiger charge is -1.98. The van der Waals surface area contributed by atoms with E-state index in [2.05, 4.69) is 0 Å². The van der Waals surface area contributed by atoms with Crippen LogP contribution in [0.2, 0.25) is 0 Å². The van der Waals surface area contributed by atoms with E-state index >= 15 is 0 Å². The van der Waals surface area contributed by atoms with Gasteiger partial charge in [-0.25, -0.2) is 9.18 Å². The summed E-state index contributed by atoms with van der Waals surface area (Å²) >= 11 is 1.02. The van der Waals surface area contributed by atoms with Crippen molar-refractivity contribution in [1.29, 1.82) is 0 Å². The molecule has 0 fully saturated rings. The van der Waals surface area contributed by atoms with Crippen molar-refractivity contribution in [2.45, 2.75) is 13.5 Å². The predicted molar refractivity (Wildman–Crippen MR) is 88.1 cm³/mol. The maximum Gasteiger partial charge on any atom is 0.333 e. The average Bonchev–Trinajstić information content (AvgIpc) is 2.78. The molecule has 0 saturated carbocycles. The minimum absolute atomic E-state index is 0.190. The van der Waals surface area contributed by atoms with Crippen molar-refractivity contribution >= 4 is 35.4 Å². The number of ether oxygens (including phenoxy) is 1. The molecule has 0 aliphatic rings. The lowest BCUT2D eigenvalue weighted by molar-refractivity contribution is -0.135. The van der Waals surface area contributed by atoms with Crippen molar-refractivity contribution < 1.29 is 18.7 Å². The minimum atomic E-state index is -0.707. The van der Waals surface area contributed by atoms with E-state index in [9.17, 15) is 18.8 Å². The third-order valence-corrected chi connectivity index (χ3v) is 4.01. The zero-order valence-corrected chi connectivity index (χ0v) is 13.6. The zero-order chi connectivity index (χ0) is 17.7. The summed E-state index contributed by atoms with van der Waals surface area (Å²) in [5.74, 6) is -1.71. The van der Waals surface area contributed by atoms with Gasteiger partial charge in [-0.05, 0) is 30.7 Å². The number of nitrogens with zero attached hydrogens (tertiary/aromatic N) is 1. The van der Waals surface area contributed by atoms with Crippen LogP contribution in [0.4, 0.5) is 4.39 Å². The summed E-state index contributed by atoms with van der Waals surface area (Å²) in [5.41, 5.74) is 5.31. The fraction of sp³-hybridized carbons (Fsp3) is 0.188. The summed E-state index contributed by atoms with van der Waals surface area (Å²) < 4.78 is 19.4. The van der Waals surface area contributed by atoms with Crippen LogP contribution < -0.4 is 20.5 Å². The normalized spacial score (nSPS) is 12.4. The first-order valence-corrected chi connectivity index (χ1v) is 7.86. The fourth-order valence-electron chi connectivity index (χ4n) is 1.94. The highest BCUT2D eigenvalue weighted by molar-refractivity contribution is 7.07. The van der Waals surface area contributed by atoms with Crippen molar-refractivity contribution in [2.75, 3.05) is 6.61 Å². The first-order chi connectivity index (χ1) is 11.4. The summed E-state index contributed by atoms with van der Waals surface area (Å²) in [6, 6.07) is 5.57. The Morgan fingerprint density at radius 1 is 1.33 bits per heavy atom. The summed E-state index contributed by atoms with van der Waals surface area (Å²) in [6.07, 6.45) is 2.69. The second-order valence-corrected chi connectivity index (χ2v) is 5.82. The van der Waals surface area contributed by atoms with Gasteiger partial charge in [0.05, 0.1) is 17.2 Å². The van der Waals surface area contributed by atoms with Gasteiger partial charge in [0.2, 0.25) is 5.91 Å². The van der Waals surface area contributed by atoms with Crippen LogP contribution in [0.15, 0.2) is 29.1 Å². The monoisotopic (exact) mass is 350 g/mol. The number of benzene rings is 1. The lowest BCUT2D eigenvalue weighted by Crippen LogP contribution is -2.36. The van der Waals surface area contributed by atoms with Crippen molar-refractivity contribution in [2.24, 2.45) is 5.73 Å². The number of aromatic nitrogens is 1. The van der Waals surface area contributed by atoms with Gasteiger partial charge in [-0.2, -0.15) is 0 Å². The van der Waals surface area contributed by atoms with Crippen molar-refractivity contribution in [1.82, 2.24) is 4.57 Å². The van der Waals surface area contributed by atoms with Gasteiger partial charge in [-0.1, -0.05) is 12.1 Å². The molecule has 126 valence electrons. The third kappa shape index (κ3) is 4.39. The topological polar surface area (TPSA) is 91.4 Å². The quantitative estimate of drug-likeness (QED) is 0.750. The molecule has 0 aliphatic carbocycles. The Balaban J connectivity index is 2.60. The molecule has 1 aromatic heterocycles. The van der Waals surface area contributed by atoms with Crippen molar-refractivity contribution in [3.8, 4) is 0 Å². The van der Waals surface area contributed by atoms with Crippen molar-refractivity contribution in [3.05, 3.63) is 55.2 Å². The molecular weight excluding hydrogens is 335 g/mol. The molecule has 2 aromatic rings. The lowest BCUT2D eigenvalue weighted by atomic mass is 10.2. The van der Waals surface area contributed by atoms with E-state index in [1.54, 1.807) is 13.0 Å². The molecule has 2 N–H and O–H groups in total. The van der Waals surface area contributed by atoms with E-state index in [0.29, 0.717) is 10.1 Å².